The molecule has 400 valence electrons. The van der Waals surface area contributed by atoms with Crippen LogP contribution in [0.25, 0.3) is 0 Å². The zero-order valence-electron chi connectivity index (χ0n) is 38.3. The van der Waals surface area contributed by atoms with Gasteiger partial charge >= 0.3 is 11.9 Å². The molecule has 4 aliphatic rings. The first-order valence-electron chi connectivity index (χ1n) is 22.0. The fourth-order valence-electron chi connectivity index (χ4n) is 8.17. The lowest BCUT2D eigenvalue weighted by molar-refractivity contribution is -0.367. The van der Waals surface area contributed by atoms with Crippen LogP contribution in [0, 0.1) is 0 Å². The number of amides is 2. The maximum Gasteiger partial charge on any atom is 0.364 e. The molecule has 4 rings (SSSR count). The standard InChI is InChI=1S/C39H68N2O27Si/c1-14-24(49)28(53)31(56)35(63-14)64-19(11-43)27(52)32-22(41-21(48)12-44)16(46)8-39(68-32,37(59)60)66-18-9-38(36(57)58,67-33(23(18)40-15(2)45)25(50)17(47)10-42)62-13-20-26(51)29(54)30(55)34(65-20)61-6-7-69(3,4)5/h14,16-20,22-35,42-44,46-47,49-56H,6-13H2,1-5H3,(H,40,45)(H,41,48)(H,57,58)(H,59,60)/t14-,16-,17+,18-,19+,20+,22+,23+,24+,25+,26+,27+,28+,29-,30+,31-,32+,33+,34+,35-,38+,39+/m0/s1. The van der Waals surface area contributed by atoms with Gasteiger partial charge in [-0.2, -0.15) is 0 Å². The van der Waals surface area contributed by atoms with E-state index in [1.165, 1.54) is 6.92 Å². The van der Waals surface area contributed by atoms with Crippen LogP contribution in [-0.2, 0) is 57.1 Å². The zero-order chi connectivity index (χ0) is 52.1. The van der Waals surface area contributed by atoms with Crippen molar-refractivity contribution in [2.24, 2.45) is 0 Å². The molecule has 0 radical (unpaired) electrons. The molecule has 0 aromatic heterocycles. The van der Waals surface area contributed by atoms with Gasteiger partial charge in [0.05, 0.1) is 50.2 Å². The van der Waals surface area contributed by atoms with E-state index in [1.807, 2.05) is 19.6 Å². The number of aliphatic carboxylic acids is 2. The normalized spacial score (nSPS) is 40.5. The van der Waals surface area contributed by atoms with Crippen LogP contribution in [0.4, 0.5) is 0 Å². The first kappa shape index (κ1) is 58.8. The molecular formula is C39H68N2O27Si. The third kappa shape index (κ3) is 13.9. The highest BCUT2D eigenvalue weighted by Gasteiger charge is 2.63. The Bertz CT molecular complexity index is 1720. The van der Waals surface area contributed by atoms with Gasteiger partial charge in [0.1, 0.15) is 86.0 Å². The van der Waals surface area contributed by atoms with Crippen LogP contribution in [0.1, 0.15) is 26.7 Å². The zero-order valence-corrected chi connectivity index (χ0v) is 39.3. The predicted octanol–water partition coefficient (Wildman–Crippen LogP) is -8.69. The van der Waals surface area contributed by atoms with E-state index in [2.05, 4.69) is 10.6 Å². The third-order valence-electron chi connectivity index (χ3n) is 12.2. The van der Waals surface area contributed by atoms with Crippen LogP contribution in [0.2, 0.25) is 25.7 Å². The van der Waals surface area contributed by atoms with E-state index in [0.29, 0.717) is 6.04 Å². The molecule has 30 heteroatoms. The highest BCUT2D eigenvalue weighted by molar-refractivity contribution is 6.76. The number of carboxylic acids is 2. The van der Waals surface area contributed by atoms with E-state index in [1.54, 1.807) is 0 Å². The molecule has 17 N–H and O–H groups in total. The van der Waals surface area contributed by atoms with Crippen LogP contribution in [0.5, 0.6) is 0 Å². The molecule has 0 aromatic carbocycles. The molecule has 4 aliphatic heterocycles. The van der Waals surface area contributed by atoms with Gasteiger partial charge in [-0.15, -0.1) is 0 Å². The molecule has 0 saturated carbocycles. The minimum Gasteiger partial charge on any atom is -0.477 e. The van der Waals surface area contributed by atoms with Gasteiger partial charge in [-0.3, -0.25) is 9.59 Å². The topological polar surface area (TPSA) is 470 Å². The smallest absolute Gasteiger partial charge is 0.364 e. The molecule has 4 fully saturated rings. The first-order valence-corrected chi connectivity index (χ1v) is 25.7. The molecule has 69 heavy (non-hydrogen) atoms. The summed E-state index contributed by atoms with van der Waals surface area (Å²) in [7, 11) is -1.71. The summed E-state index contributed by atoms with van der Waals surface area (Å²) in [6.07, 6.45) is -38.2. The van der Waals surface area contributed by atoms with Crippen LogP contribution < -0.4 is 10.6 Å². The summed E-state index contributed by atoms with van der Waals surface area (Å²) < 4.78 is 45.7. The number of aliphatic hydroxyl groups is 13. The molecule has 4 saturated heterocycles. The second-order valence-electron chi connectivity index (χ2n) is 18.7. The number of ether oxygens (including phenoxy) is 8. The summed E-state index contributed by atoms with van der Waals surface area (Å²) in [5.41, 5.74) is 0. The molecule has 0 spiro atoms. The minimum atomic E-state index is -3.35. The average Bonchev–Trinajstić information content (AvgIpc) is 3.28. The molecule has 0 aliphatic carbocycles. The van der Waals surface area contributed by atoms with Crippen LogP contribution >= 0.6 is 0 Å². The van der Waals surface area contributed by atoms with Gasteiger partial charge < -0.3 is 125 Å². The van der Waals surface area contributed by atoms with Crippen molar-refractivity contribution >= 4 is 31.8 Å². The number of carbonyl (C=O) groups is 4. The average molecular weight is 1030 g/mol. The number of hydrogen-bond donors (Lipinski definition) is 17. The van der Waals surface area contributed by atoms with Crippen molar-refractivity contribution in [3.05, 3.63) is 0 Å². The summed E-state index contributed by atoms with van der Waals surface area (Å²) in [6.45, 7) is 3.58. The number of carbonyl (C=O) groups excluding carboxylic acids is 2. The molecule has 29 nitrogen and oxygen atoms in total. The van der Waals surface area contributed by atoms with E-state index in [0.717, 1.165) is 6.92 Å². The number of rotatable bonds is 22. The van der Waals surface area contributed by atoms with Gasteiger partial charge in [-0.25, -0.2) is 9.59 Å². The van der Waals surface area contributed by atoms with E-state index < -0.39 is 205 Å². The fraction of sp³-hybridized carbons (Fsp3) is 0.897. The van der Waals surface area contributed by atoms with Crippen molar-refractivity contribution in [3.63, 3.8) is 0 Å². The lowest BCUT2D eigenvalue weighted by atomic mass is 9.86. The van der Waals surface area contributed by atoms with Gasteiger partial charge in [0, 0.05) is 34.4 Å². The molecule has 2 amide bonds. The Morgan fingerprint density at radius 3 is 1.86 bits per heavy atom. The van der Waals surface area contributed by atoms with Gasteiger partial charge in [0.2, 0.25) is 11.8 Å². The monoisotopic (exact) mass is 1020 g/mol. The van der Waals surface area contributed by atoms with Crippen molar-refractivity contribution in [2.45, 2.75) is 186 Å². The molecule has 0 bridgehead atoms. The highest BCUT2D eigenvalue weighted by Crippen LogP contribution is 2.42. The molecular weight excluding hydrogens is 957 g/mol. The fourth-order valence-corrected chi connectivity index (χ4v) is 8.90. The summed E-state index contributed by atoms with van der Waals surface area (Å²) in [5.74, 6) is -13.0. The van der Waals surface area contributed by atoms with Crippen molar-refractivity contribution < 1.29 is 134 Å². The SMILES string of the molecule is CC(=O)N[C@H]1[C@H]([C@H](O)[C@H](O)CO)O[C@@](OC[C@H]2O[C@@H](OCC[Si](C)(C)C)[C@H](O)[C@@H](O)[C@@H]2O)(C(=O)O)C[C@@H]1O[C@]1(C(=O)O)C[C@H](O)[C@@H](NC(=O)CO)[C@H]([C@H](O)[C@@H](CO)O[C@@H]2O[C@@H](C)[C@@H](O)[C@@H](O)[C@@H]2O)O1. The molecule has 0 unspecified atom stereocenters. The lowest BCUT2D eigenvalue weighted by Crippen LogP contribution is -2.72. The molecule has 4 heterocycles. The van der Waals surface area contributed by atoms with E-state index in [9.17, 15) is 95.8 Å². The summed E-state index contributed by atoms with van der Waals surface area (Å²) in [4.78, 5) is 52.1. The second-order valence-corrected chi connectivity index (χ2v) is 24.3. The van der Waals surface area contributed by atoms with Crippen molar-refractivity contribution in [3.8, 4) is 0 Å². The Kier molecular flexibility index (Phi) is 20.7. The number of aliphatic hydroxyl groups excluding tert-OH is 13. The van der Waals surface area contributed by atoms with Crippen LogP contribution in [0.3, 0.4) is 0 Å². The Balaban J connectivity index is 1.79. The van der Waals surface area contributed by atoms with Crippen molar-refractivity contribution in [1.29, 1.82) is 0 Å². The third-order valence-corrected chi connectivity index (χ3v) is 13.9. The highest BCUT2D eigenvalue weighted by atomic mass is 28.3. The number of hydrogen-bond acceptors (Lipinski definition) is 25. The number of nitrogens with one attached hydrogen (secondary N) is 2. The Hall–Kier alpha value is -2.74. The number of carboxylic acid groups (broad SMARTS) is 2. The van der Waals surface area contributed by atoms with Gasteiger partial charge in [-0.1, -0.05) is 19.6 Å². The van der Waals surface area contributed by atoms with Crippen molar-refractivity contribution in [2.75, 3.05) is 33.0 Å². The summed E-state index contributed by atoms with van der Waals surface area (Å²) in [5, 5.41) is 164. The Morgan fingerprint density at radius 2 is 1.30 bits per heavy atom. The van der Waals surface area contributed by atoms with Crippen LogP contribution in [-0.4, -0.2) is 275 Å². The predicted molar refractivity (Wildman–Crippen MR) is 223 cm³/mol. The van der Waals surface area contributed by atoms with Gasteiger partial charge in [-0.05, 0) is 13.0 Å². The van der Waals surface area contributed by atoms with Crippen molar-refractivity contribution in [1.82, 2.24) is 10.6 Å². The quantitative estimate of drug-likeness (QED) is 0.0448. The summed E-state index contributed by atoms with van der Waals surface area (Å²) in [6, 6.07) is -3.31. The Morgan fingerprint density at radius 1 is 0.725 bits per heavy atom. The van der Waals surface area contributed by atoms with Gasteiger partial charge in [0.15, 0.2) is 12.6 Å². The van der Waals surface area contributed by atoms with E-state index in [-0.39, 0.29) is 6.61 Å². The Labute approximate surface area is 395 Å². The van der Waals surface area contributed by atoms with E-state index in [4.69, 9.17) is 37.9 Å². The maximum absolute atomic E-state index is 13.5. The van der Waals surface area contributed by atoms with E-state index >= 15 is 0 Å². The largest absolute Gasteiger partial charge is 0.477 e. The molecule has 0 aromatic rings. The van der Waals surface area contributed by atoms with Gasteiger partial charge in [0.25, 0.3) is 11.6 Å². The summed E-state index contributed by atoms with van der Waals surface area (Å²) >= 11 is 0. The van der Waals surface area contributed by atoms with Crippen LogP contribution in [0.15, 0.2) is 0 Å². The lowest BCUT2D eigenvalue weighted by Gasteiger charge is -2.52. The second kappa shape index (κ2) is 24.3. The maximum atomic E-state index is 13.5. The molecule has 22 atom stereocenters. The first-order chi connectivity index (χ1) is 32.1. The minimum absolute atomic E-state index is 0.0427.